The van der Waals surface area contributed by atoms with E-state index in [9.17, 15) is 17.2 Å². The van der Waals surface area contributed by atoms with Gasteiger partial charge in [-0.2, -0.15) is 8.42 Å². The summed E-state index contributed by atoms with van der Waals surface area (Å²) in [6.07, 6.45) is 2.24. The number of imidazole rings is 1. The summed E-state index contributed by atoms with van der Waals surface area (Å²) in [5.41, 5.74) is -0.363. The highest BCUT2D eigenvalue weighted by molar-refractivity contribution is 9.10. The fourth-order valence-electron chi connectivity index (χ4n) is 1.19. The summed E-state index contributed by atoms with van der Waals surface area (Å²) >= 11 is 2.84. The number of rotatable bonds is 3. The first-order chi connectivity index (χ1) is 8.40. The molecule has 5 nitrogen and oxygen atoms in total. The van der Waals surface area contributed by atoms with Crippen LogP contribution in [0.5, 0.6) is 0 Å². The summed E-state index contributed by atoms with van der Waals surface area (Å²) in [6, 6.07) is 1.58. The molecule has 0 atom stereocenters. The number of aromatic amines is 1. The van der Waals surface area contributed by atoms with Gasteiger partial charge in [-0.1, -0.05) is 0 Å². The average molecular weight is 338 g/mol. The van der Waals surface area contributed by atoms with Crippen LogP contribution in [0.4, 0.5) is 14.5 Å². The minimum absolute atomic E-state index is 0.0498. The van der Waals surface area contributed by atoms with Crippen molar-refractivity contribution in [3.8, 4) is 0 Å². The number of nitrogens with one attached hydrogen (secondary N) is 2. The van der Waals surface area contributed by atoms with Gasteiger partial charge in [0.25, 0.3) is 10.0 Å². The molecule has 0 fully saturated rings. The van der Waals surface area contributed by atoms with Crippen LogP contribution < -0.4 is 4.72 Å². The van der Waals surface area contributed by atoms with Gasteiger partial charge in [0, 0.05) is 6.07 Å². The maximum atomic E-state index is 13.4. The first-order valence-corrected chi connectivity index (χ1v) is 6.83. The number of sulfonamides is 1. The van der Waals surface area contributed by atoms with E-state index >= 15 is 0 Å². The van der Waals surface area contributed by atoms with Crippen LogP contribution in [-0.4, -0.2) is 18.4 Å². The quantitative estimate of drug-likeness (QED) is 0.843. The number of aromatic nitrogens is 2. The van der Waals surface area contributed by atoms with Crippen molar-refractivity contribution >= 4 is 31.6 Å². The average Bonchev–Trinajstić information content (AvgIpc) is 2.79. The van der Waals surface area contributed by atoms with Crippen molar-refractivity contribution in [2.24, 2.45) is 0 Å². The van der Waals surface area contributed by atoms with E-state index in [0.29, 0.717) is 6.07 Å². The van der Waals surface area contributed by atoms with Gasteiger partial charge in [0.1, 0.15) is 11.6 Å². The van der Waals surface area contributed by atoms with Crippen molar-refractivity contribution in [2.45, 2.75) is 5.03 Å². The molecule has 0 aliphatic carbocycles. The van der Waals surface area contributed by atoms with Crippen LogP contribution in [-0.2, 0) is 10.0 Å². The molecule has 9 heteroatoms. The Balaban J connectivity index is 2.39. The summed E-state index contributed by atoms with van der Waals surface area (Å²) < 4.78 is 51.8. The van der Waals surface area contributed by atoms with Gasteiger partial charge in [0.05, 0.1) is 22.7 Å². The third kappa shape index (κ3) is 2.51. The maximum Gasteiger partial charge on any atom is 0.279 e. The molecule has 0 saturated carbocycles. The molecule has 2 N–H and O–H groups in total. The fourth-order valence-corrected chi connectivity index (χ4v) is 2.50. The number of H-pyrrole nitrogens is 1. The van der Waals surface area contributed by atoms with E-state index in [1.165, 1.54) is 6.33 Å². The Morgan fingerprint density at radius 3 is 2.61 bits per heavy atom. The zero-order valence-corrected chi connectivity index (χ0v) is 11.0. The highest BCUT2D eigenvalue weighted by Gasteiger charge is 2.18. The number of benzene rings is 1. The first kappa shape index (κ1) is 13.0. The van der Waals surface area contributed by atoms with Crippen molar-refractivity contribution in [3.05, 3.63) is 40.8 Å². The SMILES string of the molecule is O=S(=O)(Nc1cc(Br)c(F)cc1F)c1cnc[nH]1. The molecule has 0 saturated heterocycles. The molecule has 0 unspecified atom stereocenters. The lowest BCUT2D eigenvalue weighted by molar-refractivity contribution is 0.578. The Morgan fingerprint density at radius 1 is 1.28 bits per heavy atom. The Kier molecular flexibility index (Phi) is 3.35. The van der Waals surface area contributed by atoms with Gasteiger partial charge in [-0.25, -0.2) is 13.8 Å². The van der Waals surface area contributed by atoms with Crippen molar-refractivity contribution < 1.29 is 17.2 Å². The zero-order valence-electron chi connectivity index (χ0n) is 8.62. The molecule has 1 heterocycles. The Morgan fingerprint density at radius 2 is 2.00 bits per heavy atom. The first-order valence-electron chi connectivity index (χ1n) is 4.56. The fraction of sp³-hybridized carbons (Fsp3) is 0. The largest absolute Gasteiger partial charge is 0.334 e. The Labute approximate surface area is 109 Å². The second-order valence-electron chi connectivity index (χ2n) is 3.27. The van der Waals surface area contributed by atoms with Crippen LogP contribution in [0.25, 0.3) is 0 Å². The number of anilines is 1. The van der Waals surface area contributed by atoms with E-state index in [1.54, 1.807) is 0 Å². The van der Waals surface area contributed by atoms with Gasteiger partial charge in [0.2, 0.25) is 0 Å². The normalized spacial score (nSPS) is 11.5. The second kappa shape index (κ2) is 4.65. The molecule has 0 amide bonds. The topological polar surface area (TPSA) is 74.8 Å². The summed E-state index contributed by atoms with van der Waals surface area (Å²) in [4.78, 5) is 5.92. The van der Waals surface area contributed by atoms with Crippen LogP contribution in [0.15, 0.2) is 34.2 Å². The molecule has 1 aromatic carbocycles. The lowest BCUT2D eigenvalue weighted by Gasteiger charge is -2.08. The summed E-state index contributed by atoms with van der Waals surface area (Å²) in [5.74, 6) is -1.84. The van der Waals surface area contributed by atoms with E-state index in [-0.39, 0.29) is 15.2 Å². The molecule has 0 aliphatic rings. The summed E-state index contributed by atoms with van der Waals surface area (Å²) in [5, 5.41) is -0.220. The smallest absolute Gasteiger partial charge is 0.279 e. The maximum absolute atomic E-state index is 13.4. The van der Waals surface area contributed by atoms with E-state index < -0.39 is 21.7 Å². The van der Waals surface area contributed by atoms with Crippen LogP contribution >= 0.6 is 15.9 Å². The Bertz CT molecular complexity index is 673. The van der Waals surface area contributed by atoms with Crippen molar-refractivity contribution in [1.29, 1.82) is 0 Å². The summed E-state index contributed by atoms with van der Waals surface area (Å²) in [7, 11) is -3.97. The molecule has 1 aromatic heterocycles. The van der Waals surface area contributed by atoms with Crippen molar-refractivity contribution in [2.75, 3.05) is 4.72 Å². The third-order valence-electron chi connectivity index (χ3n) is 2.02. The predicted octanol–water partition coefficient (Wildman–Crippen LogP) is 2.25. The molecule has 0 bridgehead atoms. The second-order valence-corrected chi connectivity index (χ2v) is 5.77. The molecule has 18 heavy (non-hydrogen) atoms. The molecule has 2 rings (SSSR count). The number of halogens is 3. The number of hydrogen-bond donors (Lipinski definition) is 2. The van der Waals surface area contributed by atoms with Gasteiger partial charge in [-0.15, -0.1) is 0 Å². The monoisotopic (exact) mass is 337 g/mol. The minimum Gasteiger partial charge on any atom is -0.334 e. The van der Waals surface area contributed by atoms with E-state index in [2.05, 4.69) is 25.9 Å². The highest BCUT2D eigenvalue weighted by atomic mass is 79.9. The van der Waals surface area contributed by atoms with Gasteiger partial charge >= 0.3 is 0 Å². The molecular formula is C9H6BrF2N3O2S. The predicted molar refractivity (Wildman–Crippen MR) is 63.5 cm³/mol. The van der Waals surface area contributed by atoms with E-state index in [0.717, 1.165) is 12.3 Å². The molecule has 0 radical (unpaired) electrons. The van der Waals surface area contributed by atoms with Crippen LogP contribution in [0, 0.1) is 11.6 Å². The highest BCUT2D eigenvalue weighted by Crippen LogP contribution is 2.25. The molecule has 2 aromatic rings. The Hall–Kier alpha value is -1.48. The van der Waals surface area contributed by atoms with Crippen molar-refractivity contribution in [1.82, 2.24) is 9.97 Å². The lowest BCUT2D eigenvalue weighted by atomic mass is 10.3. The van der Waals surface area contributed by atoms with Crippen LogP contribution in [0.1, 0.15) is 0 Å². The molecule has 0 aliphatic heterocycles. The van der Waals surface area contributed by atoms with E-state index in [1.807, 2.05) is 4.72 Å². The molecular weight excluding hydrogens is 332 g/mol. The zero-order chi connectivity index (χ0) is 13.3. The van der Waals surface area contributed by atoms with Gasteiger partial charge in [-0.05, 0) is 22.0 Å². The number of hydrogen-bond acceptors (Lipinski definition) is 3. The minimum atomic E-state index is -3.97. The molecule has 0 spiro atoms. The third-order valence-corrected chi connectivity index (χ3v) is 3.92. The van der Waals surface area contributed by atoms with Gasteiger partial charge in [-0.3, -0.25) is 4.72 Å². The van der Waals surface area contributed by atoms with Crippen LogP contribution in [0.3, 0.4) is 0 Å². The number of nitrogens with zero attached hydrogens (tertiary/aromatic N) is 1. The van der Waals surface area contributed by atoms with E-state index in [4.69, 9.17) is 0 Å². The molecule has 96 valence electrons. The standard InChI is InChI=1S/C9H6BrF2N3O2S/c10-5-1-8(7(12)2-6(5)11)15-18(16,17)9-3-13-4-14-9/h1-4,15H,(H,13,14). The van der Waals surface area contributed by atoms with Crippen LogP contribution in [0.2, 0.25) is 0 Å². The summed E-state index contributed by atoms with van der Waals surface area (Å²) in [6.45, 7) is 0. The van der Waals surface area contributed by atoms with Crippen molar-refractivity contribution in [3.63, 3.8) is 0 Å². The van der Waals surface area contributed by atoms with Gasteiger partial charge in [0.15, 0.2) is 5.03 Å². The van der Waals surface area contributed by atoms with Gasteiger partial charge < -0.3 is 4.98 Å². The lowest BCUT2D eigenvalue weighted by Crippen LogP contribution is -2.14.